The van der Waals surface area contributed by atoms with Crippen molar-refractivity contribution in [1.29, 1.82) is 0 Å². The first kappa shape index (κ1) is 14.2. The van der Waals surface area contributed by atoms with E-state index < -0.39 is 11.1 Å². The second-order valence-electron chi connectivity index (χ2n) is 4.32. The van der Waals surface area contributed by atoms with Crippen LogP contribution in [-0.2, 0) is 11.1 Å². The lowest BCUT2D eigenvalue weighted by atomic mass is 10.1. The number of aryl methyl sites for hydroxylation is 2. The van der Waals surface area contributed by atoms with Crippen molar-refractivity contribution in [2.75, 3.05) is 11.9 Å². The molecule has 96 valence electrons. The monoisotopic (exact) mass is 255 g/mol. The molecule has 0 spiro atoms. The summed E-state index contributed by atoms with van der Waals surface area (Å²) >= 11 is -1.90. The molecule has 1 aromatic carbocycles. The zero-order chi connectivity index (χ0) is 12.8. The van der Waals surface area contributed by atoms with Gasteiger partial charge in [0.25, 0.3) is 0 Å². The van der Waals surface area contributed by atoms with Crippen molar-refractivity contribution in [1.82, 2.24) is 0 Å². The number of unbranched alkanes of at least 4 members (excludes halogenated alkanes) is 2. The average molecular weight is 255 g/mol. The highest BCUT2D eigenvalue weighted by Gasteiger charge is 2.09. The summed E-state index contributed by atoms with van der Waals surface area (Å²) < 4.78 is 20.3. The van der Waals surface area contributed by atoms with Gasteiger partial charge in [0.1, 0.15) is 0 Å². The molecule has 4 heteroatoms. The van der Waals surface area contributed by atoms with E-state index >= 15 is 0 Å². The van der Waals surface area contributed by atoms with Gasteiger partial charge in [0.05, 0.1) is 4.90 Å². The maximum atomic E-state index is 11.1. The van der Waals surface area contributed by atoms with E-state index in [1.807, 2.05) is 26.0 Å². The fraction of sp³-hybridized carbons (Fsp3) is 0.538. The van der Waals surface area contributed by atoms with Gasteiger partial charge in [-0.25, -0.2) is 4.21 Å². The number of benzene rings is 1. The summed E-state index contributed by atoms with van der Waals surface area (Å²) in [5.41, 5.74) is 2.76. The van der Waals surface area contributed by atoms with Crippen LogP contribution in [0.1, 0.15) is 37.3 Å². The molecule has 2 N–H and O–H groups in total. The number of hydrogen-bond acceptors (Lipinski definition) is 2. The predicted molar refractivity (Wildman–Crippen MR) is 73.0 cm³/mol. The van der Waals surface area contributed by atoms with E-state index in [-0.39, 0.29) is 0 Å². The maximum absolute atomic E-state index is 11.1. The number of hydrogen-bond donors (Lipinski definition) is 2. The van der Waals surface area contributed by atoms with Crippen LogP contribution in [0.15, 0.2) is 17.0 Å². The standard InChI is InChI=1S/C13H21NO2S/c1-4-5-6-7-14-12-8-10(2)13(17(15)16)11(3)9-12/h8-9,14H,4-7H2,1-3H3,(H,15,16). The highest BCUT2D eigenvalue weighted by atomic mass is 32.2. The molecule has 17 heavy (non-hydrogen) atoms. The number of nitrogens with one attached hydrogen (secondary N) is 1. The van der Waals surface area contributed by atoms with Crippen LogP contribution in [0.5, 0.6) is 0 Å². The van der Waals surface area contributed by atoms with Crippen LogP contribution in [0.2, 0.25) is 0 Å². The van der Waals surface area contributed by atoms with Crippen molar-refractivity contribution >= 4 is 16.8 Å². The Morgan fingerprint density at radius 1 is 1.24 bits per heavy atom. The molecule has 1 atom stereocenters. The highest BCUT2D eigenvalue weighted by Crippen LogP contribution is 2.22. The van der Waals surface area contributed by atoms with Crippen LogP contribution < -0.4 is 5.32 Å². The summed E-state index contributed by atoms with van der Waals surface area (Å²) in [4.78, 5) is 0.532. The third kappa shape index (κ3) is 4.13. The van der Waals surface area contributed by atoms with Gasteiger partial charge in [-0.05, 0) is 43.5 Å². The first-order chi connectivity index (χ1) is 8.06. The van der Waals surface area contributed by atoms with Gasteiger partial charge in [0.2, 0.25) is 0 Å². The van der Waals surface area contributed by atoms with Crippen molar-refractivity contribution in [3.05, 3.63) is 23.3 Å². The van der Waals surface area contributed by atoms with Crippen LogP contribution in [0.4, 0.5) is 5.69 Å². The molecule has 0 saturated carbocycles. The first-order valence-electron chi connectivity index (χ1n) is 6.02. The molecule has 1 aromatic rings. The zero-order valence-electron chi connectivity index (χ0n) is 10.7. The summed E-state index contributed by atoms with van der Waals surface area (Å²) in [5.74, 6) is 0. The molecule has 1 rings (SSSR count). The van der Waals surface area contributed by atoms with Gasteiger partial charge in [0, 0.05) is 12.2 Å². The van der Waals surface area contributed by atoms with Gasteiger partial charge in [-0.1, -0.05) is 19.8 Å². The lowest BCUT2D eigenvalue weighted by Crippen LogP contribution is -2.04. The molecule has 0 aliphatic carbocycles. The lowest BCUT2D eigenvalue weighted by molar-refractivity contribution is 0.563. The van der Waals surface area contributed by atoms with E-state index in [0.29, 0.717) is 4.90 Å². The van der Waals surface area contributed by atoms with Gasteiger partial charge in [-0.2, -0.15) is 0 Å². The van der Waals surface area contributed by atoms with Gasteiger partial charge < -0.3 is 9.87 Å². The summed E-state index contributed by atoms with van der Waals surface area (Å²) in [7, 11) is 0. The largest absolute Gasteiger partial charge is 0.385 e. The molecule has 0 saturated heterocycles. The minimum absolute atomic E-state index is 0.532. The average Bonchev–Trinajstić information content (AvgIpc) is 2.23. The highest BCUT2D eigenvalue weighted by molar-refractivity contribution is 7.79. The van der Waals surface area contributed by atoms with Crippen molar-refractivity contribution in [2.45, 2.75) is 44.9 Å². The van der Waals surface area contributed by atoms with Gasteiger partial charge in [-0.15, -0.1) is 0 Å². The van der Waals surface area contributed by atoms with E-state index in [0.717, 1.165) is 29.8 Å². The Bertz CT molecular complexity index is 381. The maximum Gasteiger partial charge on any atom is 0.187 e. The molecule has 0 aliphatic heterocycles. The molecule has 0 bridgehead atoms. The summed E-state index contributed by atoms with van der Waals surface area (Å²) in [6, 6.07) is 3.87. The van der Waals surface area contributed by atoms with Crippen LogP contribution in [-0.4, -0.2) is 15.3 Å². The molecule has 0 amide bonds. The smallest absolute Gasteiger partial charge is 0.187 e. The third-order valence-corrected chi connectivity index (χ3v) is 3.74. The van der Waals surface area contributed by atoms with Crippen molar-refractivity contribution in [3.8, 4) is 0 Å². The minimum atomic E-state index is -1.90. The zero-order valence-corrected chi connectivity index (χ0v) is 11.6. The number of rotatable bonds is 6. The quantitative estimate of drug-likeness (QED) is 0.604. The van der Waals surface area contributed by atoms with E-state index in [1.54, 1.807) is 0 Å². The molecular weight excluding hydrogens is 234 g/mol. The number of anilines is 1. The third-order valence-electron chi connectivity index (χ3n) is 2.74. The van der Waals surface area contributed by atoms with Crippen LogP contribution in [0, 0.1) is 13.8 Å². The Labute approximate surface area is 106 Å². The fourth-order valence-electron chi connectivity index (χ4n) is 1.94. The summed E-state index contributed by atoms with van der Waals surface area (Å²) in [6.07, 6.45) is 3.59. The van der Waals surface area contributed by atoms with Crippen molar-refractivity contribution in [2.24, 2.45) is 0 Å². The molecule has 1 unspecified atom stereocenters. The molecular formula is C13H21NO2S. The Hall–Kier alpha value is -0.870. The second kappa shape index (κ2) is 6.77. The van der Waals surface area contributed by atoms with E-state index in [2.05, 4.69) is 12.2 Å². The Morgan fingerprint density at radius 3 is 2.29 bits per heavy atom. The topological polar surface area (TPSA) is 49.3 Å². The van der Waals surface area contributed by atoms with Crippen molar-refractivity contribution < 1.29 is 8.76 Å². The van der Waals surface area contributed by atoms with Gasteiger partial charge in [-0.3, -0.25) is 0 Å². The fourth-order valence-corrected chi connectivity index (χ4v) is 2.60. The second-order valence-corrected chi connectivity index (χ2v) is 5.23. The van der Waals surface area contributed by atoms with E-state index in [4.69, 9.17) is 0 Å². The Balaban J connectivity index is 2.73. The molecule has 0 aromatic heterocycles. The van der Waals surface area contributed by atoms with Crippen LogP contribution in [0.25, 0.3) is 0 Å². The lowest BCUT2D eigenvalue weighted by Gasteiger charge is -2.11. The predicted octanol–water partition coefficient (Wildman–Crippen LogP) is 3.49. The molecule has 0 aliphatic rings. The molecule has 0 heterocycles. The SMILES string of the molecule is CCCCCNc1cc(C)c(S(=O)O)c(C)c1. The van der Waals surface area contributed by atoms with Crippen LogP contribution >= 0.6 is 0 Å². The Morgan fingerprint density at radius 2 is 1.82 bits per heavy atom. The van der Waals surface area contributed by atoms with E-state index in [9.17, 15) is 8.76 Å². The Kier molecular flexibility index (Phi) is 5.65. The summed E-state index contributed by atoms with van der Waals surface area (Å²) in [5, 5.41) is 3.35. The molecule has 3 nitrogen and oxygen atoms in total. The van der Waals surface area contributed by atoms with E-state index in [1.165, 1.54) is 12.8 Å². The minimum Gasteiger partial charge on any atom is -0.385 e. The van der Waals surface area contributed by atoms with Gasteiger partial charge in [0.15, 0.2) is 11.1 Å². The first-order valence-corrected chi connectivity index (χ1v) is 7.13. The van der Waals surface area contributed by atoms with Crippen molar-refractivity contribution in [3.63, 3.8) is 0 Å². The summed E-state index contributed by atoms with van der Waals surface area (Å²) in [6.45, 7) is 6.87. The molecule has 0 radical (unpaired) electrons. The molecule has 0 fully saturated rings. The van der Waals surface area contributed by atoms with Gasteiger partial charge >= 0.3 is 0 Å². The normalized spacial score (nSPS) is 12.5. The van der Waals surface area contributed by atoms with Crippen LogP contribution in [0.3, 0.4) is 0 Å².